The molecule has 0 unspecified atom stereocenters. The molecule has 2 atom stereocenters. The predicted molar refractivity (Wildman–Crippen MR) is 78.7 cm³/mol. The van der Waals surface area contributed by atoms with Crippen LogP contribution in [0.1, 0.15) is 39.2 Å². The molecule has 1 heteroatoms. The van der Waals surface area contributed by atoms with Gasteiger partial charge in [-0.2, -0.15) is 0 Å². The van der Waals surface area contributed by atoms with E-state index in [1.807, 2.05) is 0 Å². The molecule has 100 valence electrons. The number of rotatable bonds is 2. The first-order chi connectivity index (χ1) is 8.47. The van der Waals surface area contributed by atoms with Crippen molar-refractivity contribution in [1.29, 1.82) is 0 Å². The standard InChI is InChI=1S/C17H27N/c1-17(2,3)15-10-11-18(4)16(13-15)12-14-8-6-5-7-9-14/h5-9,15-16H,10-13H2,1-4H3/t15-,16+/m1/s1. The molecule has 0 amide bonds. The fourth-order valence-corrected chi connectivity index (χ4v) is 3.08. The lowest BCUT2D eigenvalue weighted by Gasteiger charge is -2.42. The minimum Gasteiger partial charge on any atom is -0.303 e. The number of nitrogens with zero attached hydrogens (tertiary/aromatic N) is 1. The van der Waals surface area contributed by atoms with E-state index in [1.54, 1.807) is 0 Å². The Morgan fingerprint density at radius 1 is 1.17 bits per heavy atom. The Morgan fingerprint density at radius 2 is 1.83 bits per heavy atom. The molecular weight excluding hydrogens is 218 g/mol. The Kier molecular flexibility index (Phi) is 4.11. The number of benzene rings is 1. The summed E-state index contributed by atoms with van der Waals surface area (Å²) in [5, 5.41) is 0. The molecule has 18 heavy (non-hydrogen) atoms. The van der Waals surface area contributed by atoms with E-state index >= 15 is 0 Å². The van der Waals surface area contributed by atoms with Crippen molar-refractivity contribution in [1.82, 2.24) is 4.90 Å². The molecule has 1 aliphatic rings. The monoisotopic (exact) mass is 245 g/mol. The quantitative estimate of drug-likeness (QED) is 0.761. The van der Waals surface area contributed by atoms with Gasteiger partial charge in [-0.1, -0.05) is 51.1 Å². The average Bonchev–Trinajstić information content (AvgIpc) is 2.32. The smallest absolute Gasteiger partial charge is 0.0135 e. The van der Waals surface area contributed by atoms with Crippen molar-refractivity contribution in [2.24, 2.45) is 11.3 Å². The highest BCUT2D eigenvalue weighted by Crippen LogP contribution is 2.37. The fraction of sp³-hybridized carbons (Fsp3) is 0.647. The Labute approximate surface area is 112 Å². The molecule has 0 radical (unpaired) electrons. The van der Waals surface area contributed by atoms with Crippen LogP contribution >= 0.6 is 0 Å². The van der Waals surface area contributed by atoms with Crippen LogP contribution in [-0.4, -0.2) is 24.5 Å². The maximum absolute atomic E-state index is 2.55. The highest BCUT2D eigenvalue weighted by molar-refractivity contribution is 5.16. The van der Waals surface area contributed by atoms with Gasteiger partial charge in [0.15, 0.2) is 0 Å². The molecule has 1 aliphatic heterocycles. The van der Waals surface area contributed by atoms with Gasteiger partial charge in [0.1, 0.15) is 0 Å². The topological polar surface area (TPSA) is 3.24 Å². The van der Waals surface area contributed by atoms with E-state index in [2.05, 4.69) is 63.1 Å². The third-order valence-electron chi connectivity index (χ3n) is 4.55. The molecule has 0 aromatic heterocycles. The van der Waals surface area contributed by atoms with Gasteiger partial charge in [-0.3, -0.25) is 0 Å². The van der Waals surface area contributed by atoms with E-state index in [-0.39, 0.29) is 0 Å². The molecule has 1 heterocycles. The van der Waals surface area contributed by atoms with E-state index in [4.69, 9.17) is 0 Å². The number of hydrogen-bond donors (Lipinski definition) is 0. The van der Waals surface area contributed by atoms with Gasteiger partial charge in [0.25, 0.3) is 0 Å². The van der Waals surface area contributed by atoms with E-state index < -0.39 is 0 Å². The van der Waals surface area contributed by atoms with Crippen LogP contribution in [0.4, 0.5) is 0 Å². The van der Waals surface area contributed by atoms with Gasteiger partial charge in [-0.15, -0.1) is 0 Å². The molecule has 1 aromatic rings. The second-order valence-electron chi connectivity index (χ2n) is 6.91. The zero-order valence-corrected chi connectivity index (χ0v) is 12.3. The lowest BCUT2D eigenvalue weighted by atomic mass is 9.72. The maximum atomic E-state index is 2.55. The summed E-state index contributed by atoms with van der Waals surface area (Å²) in [4.78, 5) is 2.55. The number of likely N-dealkylation sites (N-methyl/N-ethyl adjacent to an activating group) is 1. The summed E-state index contributed by atoms with van der Waals surface area (Å²) in [6.07, 6.45) is 3.89. The Bertz CT molecular complexity index is 363. The van der Waals surface area contributed by atoms with Crippen LogP contribution < -0.4 is 0 Å². The van der Waals surface area contributed by atoms with Crippen LogP contribution in [0.25, 0.3) is 0 Å². The number of hydrogen-bond acceptors (Lipinski definition) is 1. The average molecular weight is 245 g/mol. The highest BCUT2D eigenvalue weighted by atomic mass is 15.1. The first kappa shape index (κ1) is 13.6. The van der Waals surface area contributed by atoms with Gasteiger partial charge >= 0.3 is 0 Å². The first-order valence-electron chi connectivity index (χ1n) is 7.21. The summed E-state index contributed by atoms with van der Waals surface area (Å²) in [6.45, 7) is 8.42. The van der Waals surface area contributed by atoms with Crippen LogP contribution in [-0.2, 0) is 6.42 Å². The molecular formula is C17H27N. The van der Waals surface area contributed by atoms with Crippen molar-refractivity contribution in [3.05, 3.63) is 35.9 Å². The molecule has 1 saturated heterocycles. The summed E-state index contributed by atoms with van der Waals surface area (Å²) >= 11 is 0. The molecule has 1 nitrogen and oxygen atoms in total. The molecule has 1 fully saturated rings. The van der Waals surface area contributed by atoms with E-state index in [0.717, 1.165) is 5.92 Å². The van der Waals surface area contributed by atoms with Crippen molar-refractivity contribution in [3.8, 4) is 0 Å². The van der Waals surface area contributed by atoms with Crippen molar-refractivity contribution < 1.29 is 0 Å². The predicted octanol–water partition coefficient (Wildman–Crippen LogP) is 3.99. The normalized spacial score (nSPS) is 26.2. The maximum Gasteiger partial charge on any atom is 0.0135 e. The Hall–Kier alpha value is -0.820. The second-order valence-corrected chi connectivity index (χ2v) is 6.91. The van der Waals surface area contributed by atoms with E-state index in [1.165, 1.54) is 31.4 Å². The van der Waals surface area contributed by atoms with Gasteiger partial charge in [0.05, 0.1) is 0 Å². The summed E-state index contributed by atoms with van der Waals surface area (Å²) in [7, 11) is 2.28. The molecule has 2 rings (SSSR count). The second kappa shape index (κ2) is 5.44. The van der Waals surface area contributed by atoms with Crippen LogP contribution in [0.2, 0.25) is 0 Å². The lowest BCUT2D eigenvalue weighted by molar-refractivity contribution is 0.0798. The summed E-state index contributed by atoms with van der Waals surface area (Å²) in [6, 6.07) is 11.6. The van der Waals surface area contributed by atoms with Crippen LogP contribution in [0, 0.1) is 11.3 Å². The SMILES string of the molecule is CN1CC[C@@H](C(C)(C)C)C[C@@H]1Cc1ccccc1. The van der Waals surface area contributed by atoms with Crippen molar-refractivity contribution in [3.63, 3.8) is 0 Å². The molecule has 0 bridgehead atoms. The van der Waals surface area contributed by atoms with Gasteiger partial charge in [-0.05, 0) is 49.8 Å². The zero-order valence-electron chi connectivity index (χ0n) is 12.3. The zero-order chi connectivity index (χ0) is 13.2. The fourth-order valence-electron chi connectivity index (χ4n) is 3.08. The lowest BCUT2D eigenvalue weighted by Crippen LogP contribution is -2.44. The van der Waals surface area contributed by atoms with Gasteiger partial charge < -0.3 is 4.90 Å². The van der Waals surface area contributed by atoms with Crippen LogP contribution in [0.5, 0.6) is 0 Å². The van der Waals surface area contributed by atoms with E-state index in [9.17, 15) is 0 Å². The number of likely N-dealkylation sites (tertiary alicyclic amines) is 1. The molecule has 0 saturated carbocycles. The summed E-state index contributed by atoms with van der Waals surface area (Å²) in [5.41, 5.74) is 1.93. The minimum atomic E-state index is 0.455. The van der Waals surface area contributed by atoms with Crippen molar-refractivity contribution >= 4 is 0 Å². The third kappa shape index (κ3) is 3.35. The largest absolute Gasteiger partial charge is 0.303 e. The van der Waals surface area contributed by atoms with E-state index in [0.29, 0.717) is 11.5 Å². The molecule has 0 N–H and O–H groups in total. The first-order valence-corrected chi connectivity index (χ1v) is 7.21. The Morgan fingerprint density at radius 3 is 2.44 bits per heavy atom. The van der Waals surface area contributed by atoms with Crippen LogP contribution in [0.3, 0.4) is 0 Å². The van der Waals surface area contributed by atoms with Crippen molar-refractivity contribution in [2.75, 3.05) is 13.6 Å². The van der Waals surface area contributed by atoms with Gasteiger partial charge in [0, 0.05) is 6.04 Å². The summed E-state index contributed by atoms with van der Waals surface area (Å²) < 4.78 is 0. The van der Waals surface area contributed by atoms with Crippen molar-refractivity contribution in [2.45, 2.75) is 46.1 Å². The molecule has 1 aromatic carbocycles. The number of piperidine rings is 1. The molecule has 0 spiro atoms. The van der Waals surface area contributed by atoms with Gasteiger partial charge in [0.2, 0.25) is 0 Å². The molecule has 0 aliphatic carbocycles. The summed E-state index contributed by atoms with van der Waals surface area (Å²) in [5.74, 6) is 0.863. The third-order valence-corrected chi connectivity index (χ3v) is 4.55. The Balaban J connectivity index is 2.02. The highest BCUT2D eigenvalue weighted by Gasteiger charge is 2.32. The van der Waals surface area contributed by atoms with Crippen LogP contribution in [0.15, 0.2) is 30.3 Å². The van der Waals surface area contributed by atoms with Gasteiger partial charge in [-0.25, -0.2) is 0 Å². The minimum absolute atomic E-state index is 0.455.